The Morgan fingerprint density at radius 2 is 2.25 bits per heavy atom. The molecule has 0 spiro atoms. The standard InChI is InChI=1S/C16H24ClN3O3S/c1-12-10-13(17)4-5-15(12)23-8-3-7-19-16(18-2)20-14-6-9-24(21,22)11-14/h4-5,10,14H,3,6-9,11H2,1-2H3,(H2,18,19,20). The molecule has 1 aliphatic heterocycles. The van der Waals surface area contributed by atoms with E-state index in [1.807, 2.05) is 25.1 Å². The summed E-state index contributed by atoms with van der Waals surface area (Å²) in [4.78, 5) is 4.12. The van der Waals surface area contributed by atoms with Crippen LogP contribution in [0.15, 0.2) is 23.2 Å². The molecule has 0 aliphatic carbocycles. The number of sulfone groups is 1. The van der Waals surface area contributed by atoms with Gasteiger partial charge in [-0.1, -0.05) is 11.6 Å². The van der Waals surface area contributed by atoms with Crippen LogP contribution in [-0.2, 0) is 9.84 Å². The van der Waals surface area contributed by atoms with Crippen LogP contribution in [0.3, 0.4) is 0 Å². The van der Waals surface area contributed by atoms with Gasteiger partial charge in [-0.05, 0) is 43.5 Å². The van der Waals surface area contributed by atoms with Gasteiger partial charge in [0.15, 0.2) is 15.8 Å². The van der Waals surface area contributed by atoms with Crippen molar-refractivity contribution in [3.63, 3.8) is 0 Å². The van der Waals surface area contributed by atoms with Crippen molar-refractivity contribution in [2.24, 2.45) is 4.99 Å². The highest BCUT2D eigenvalue weighted by Gasteiger charge is 2.28. The Hall–Kier alpha value is -1.47. The molecule has 0 aromatic heterocycles. The Morgan fingerprint density at radius 3 is 2.88 bits per heavy atom. The molecule has 24 heavy (non-hydrogen) atoms. The van der Waals surface area contributed by atoms with E-state index in [1.165, 1.54) is 0 Å². The molecule has 1 saturated heterocycles. The summed E-state index contributed by atoms with van der Waals surface area (Å²) in [7, 11) is -1.22. The lowest BCUT2D eigenvalue weighted by atomic mass is 10.2. The molecule has 2 N–H and O–H groups in total. The smallest absolute Gasteiger partial charge is 0.191 e. The first-order valence-corrected chi connectivity index (χ1v) is 10.2. The molecule has 2 rings (SSSR count). The van der Waals surface area contributed by atoms with Crippen molar-refractivity contribution in [1.82, 2.24) is 10.6 Å². The summed E-state index contributed by atoms with van der Waals surface area (Å²) in [6.45, 7) is 3.22. The van der Waals surface area contributed by atoms with Crippen LogP contribution in [0, 0.1) is 6.92 Å². The lowest BCUT2D eigenvalue weighted by Gasteiger charge is -2.16. The Kier molecular flexibility index (Phi) is 6.74. The number of guanidine groups is 1. The summed E-state index contributed by atoms with van der Waals surface area (Å²) in [5.41, 5.74) is 1.01. The van der Waals surface area contributed by atoms with E-state index >= 15 is 0 Å². The Bertz CT molecular complexity index is 692. The zero-order chi connectivity index (χ0) is 17.6. The fraction of sp³-hybridized carbons (Fsp3) is 0.562. The van der Waals surface area contributed by atoms with E-state index in [-0.39, 0.29) is 17.5 Å². The highest BCUT2D eigenvalue weighted by molar-refractivity contribution is 7.91. The van der Waals surface area contributed by atoms with Crippen molar-refractivity contribution >= 4 is 27.4 Å². The summed E-state index contributed by atoms with van der Waals surface area (Å²) < 4.78 is 28.7. The fourth-order valence-electron chi connectivity index (χ4n) is 2.53. The van der Waals surface area contributed by atoms with E-state index in [4.69, 9.17) is 16.3 Å². The van der Waals surface area contributed by atoms with Crippen LogP contribution in [0.1, 0.15) is 18.4 Å². The number of rotatable bonds is 6. The van der Waals surface area contributed by atoms with Crippen LogP contribution >= 0.6 is 11.6 Å². The van der Waals surface area contributed by atoms with Gasteiger partial charge in [-0.3, -0.25) is 4.99 Å². The van der Waals surface area contributed by atoms with E-state index in [1.54, 1.807) is 7.05 Å². The Morgan fingerprint density at radius 1 is 1.46 bits per heavy atom. The molecular weight excluding hydrogens is 350 g/mol. The van der Waals surface area contributed by atoms with Gasteiger partial charge in [0, 0.05) is 24.7 Å². The molecular formula is C16H24ClN3O3S. The minimum Gasteiger partial charge on any atom is -0.493 e. The predicted molar refractivity (Wildman–Crippen MR) is 97.9 cm³/mol. The molecule has 6 nitrogen and oxygen atoms in total. The monoisotopic (exact) mass is 373 g/mol. The number of nitrogens with zero attached hydrogens (tertiary/aromatic N) is 1. The first-order valence-electron chi connectivity index (χ1n) is 7.96. The molecule has 0 amide bonds. The topological polar surface area (TPSA) is 79.8 Å². The third kappa shape index (κ3) is 5.87. The second-order valence-corrected chi connectivity index (χ2v) is 8.52. The number of aliphatic imine (C=N–C) groups is 1. The van der Waals surface area contributed by atoms with Gasteiger partial charge in [0.25, 0.3) is 0 Å². The van der Waals surface area contributed by atoms with Crippen molar-refractivity contribution < 1.29 is 13.2 Å². The van der Waals surface area contributed by atoms with E-state index in [0.29, 0.717) is 30.6 Å². The number of halogens is 1. The Balaban J connectivity index is 1.67. The molecule has 0 radical (unpaired) electrons. The molecule has 8 heteroatoms. The van der Waals surface area contributed by atoms with Gasteiger partial charge in [-0.2, -0.15) is 0 Å². The molecule has 1 heterocycles. The largest absolute Gasteiger partial charge is 0.493 e. The average Bonchev–Trinajstić information content (AvgIpc) is 2.86. The summed E-state index contributed by atoms with van der Waals surface area (Å²) in [5.74, 6) is 1.88. The number of hydrogen-bond donors (Lipinski definition) is 2. The summed E-state index contributed by atoms with van der Waals surface area (Å²) >= 11 is 5.92. The van der Waals surface area contributed by atoms with Crippen LogP contribution < -0.4 is 15.4 Å². The van der Waals surface area contributed by atoms with Crippen LogP contribution in [0.25, 0.3) is 0 Å². The third-order valence-corrected chi connectivity index (χ3v) is 5.81. The summed E-state index contributed by atoms with van der Waals surface area (Å²) in [6.07, 6.45) is 1.42. The molecule has 0 saturated carbocycles. The molecule has 1 aromatic carbocycles. The van der Waals surface area contributed by atoms with Gasteiger partial charge in [-0.15, -0.1) is 0 Å². The van der Waals surface area contributed by atoms with Gasteiger partial charge in [0.05, 0.1) is 18.1 Å². The number of aryl methyl sites for hydroxylation is 1. The van der Waals surface area contributed by atoms with Gasteiger partial charge in [0.1, 0.15) is 5.75 Å². The molecule has 1 aliphatic rings. The van der Waals surface area contributed by atoms with E-state index < -0.39 is 9.84 Å². The zero-order valence-electron chi connectivity index (χ0n) is 14.0. The zero-order valence-corrected chi connectivity index (χ0v) is 15.6. The molecule has 1 aromatic rings. The number of hydrogen-bond acceptors (Lipinski definition) is 4. The number of nitrogens with one attached hydrogen (secondary N) is 2. The molecule has 134 valence electrons. The van der Waals surface area contributed by atoms with Crippen LogP contribution in [0.2, 0.25) is 5.02 Å². The first-order chi connectivity index (χ1) is 11.4. The normalized spacial score (nSPS) is 20.0. The molecule has 1 atom stereocenters. The second kappa shape index (κ2) is 8.58. The van der Waals surface area contributed by atoms with Crippen LogP contribution in [0.5, 0.6) is 5.75 Å². The van der Waals surface area contributed by atoms with Crippen molar-refractivity contribution in [3.8, 4) is 5.75 Å². The molecule has 1 fully saturated rings. The predicted octanol–water partition coefficient (Wildman–Crippen LogP) is 1.77. The van der Waals surface area contributed by atoms with E-state index in [2.05, 4.69) is 15.6 Å². The molecule has 0 bridgehead atoms. The number of benzene rings is 1. The van der Waals surface area contributed by atoms with Gasteiger partial charge < -0.3 is 15.4 Å². The fourth-order valence-corrected chi connectivity index (χ4v) is 4.43. The first kappa shape index (κ1) is 18.9. The van der Waals surface area contributed by atoms with Crippen molar-refractivity contribution in [1.29, 1.82) is 0 Å². The van der Waals surface area contributed by atoms with Crippen molar-refractivity contribution in [2.75, 3.05) is 31.7 Å². The maximum absolute atomic E-state index is 11.5. The Labute approximate surface area is 148 Å². The maximum Gasteiger partial charge on any atom is 0.191 e. The highest BCUT2D eigenvalue weighted by Crippen LogP contribution is 2.21. The van der Waals surface area contributed by atoms with E-state index in [9.17, 15) is 8.42 Å². The van der Waals surface area contributed by atoms with Crippen LogP contribution in [0.4, 0.5) is 0 Å². The SMILES string of the molecule is CN=C(NCCCOc1ccc(Cl)cc1C)NC1CCS(=O)(=O)C1. The average molecular weight is 374 g/mol. The van der Waals surface area contributed by atoms with Crippen molar-refractivity contribution in [3.05, 3.63) is 28.8 Å². The summed E-state index contributed by atoms with van der Waals surface area (Å²) in [6, 6.07) is 5.49. The lowest BCUT2D eigenvalue weighted by Crippen LogP contribution is -2.44. The summed E-state index contributed by atoms with van der Waals surface area (Å²) in [5, 5.41) is 7.03. The van der Waals surface area contributed by atoms with Gasteiger partial charge >= 0.3 is 0 Å². The maximum atomic E-state index is 11.5. The quantitative estimate of drug-likeness (QED) is 0.451. The second-order valence-electron chi connectivity index (χ2n) is 5.86. The highest BCUT2D eigenvalue weighted by atomic mass is 35.5. The third-order valence-electron chi connectivity index (χ3n) is 3.80. The van der Waals surface area contributed by atoms with Crippen molar-refractivity contribution in [2.45, 2.75) is 25.8 Å². The molecule has 1 unspecified atom stereocenters. The lowest BCUT2D eigenvalue weighted by molar-refractivity contribution is 0.309. The minimum atomic E-state index is -2.89. The van der Waals surface area contributed by atoms with E-state index in [0.717, 1.165) is 17.7 Å². The van der Waals surface area contributed by atoms with Gasteiger partial charge in [0.2, 0.25) is 0 Å². The number of ether oxygens (including phenoxy) is 1. The minimum absolute atomic E-state index is 0.0610. The van der Waals surface area contributed by atoms with Crippen LogP contribution in [-0.4, -0.2) is 52.1 Å². The van der Waals surface area contributed by atoms with Gasteiger partial charge in [-0.25, -0.2) is 8.42 Å².